The average Bonchev–Trinajstić information content (AvgIpc) is 2.47. The van der Waals surface area contributed by atoms with Crippen LogP contribution in [0.2, 0.25) is 0 Å². The molecule has 0 aromatic carbocycles. The summed E-state index contributed by atoms with van der Waals surface area (Å²) in [6.07, 6.45) is 2.83. The number of carbonyl (C=O) groups is 1. The van der Waals surface area contributed by atoms with Crippen LogP contribution in [0, 0.1) is 0 Å². The second-order valence-corrected chi connectivity index (χ2v) is 5.72. The molecule has 116 valence electrons. The molecule has 1 atom stereocenters. The number of aliphatic hydroxyl groups is 1. The van der Waals surface area contributed by atoms with Crippen LogP contribution in [-0.4, -0.2) is 51.6 Å². The molecule has 0 radical (unpaired) electrons. The number of amides is 1. The van der Waals surface area contributed by atoms with Crippen molar-refractivity contribution in [2.75, 3.05) is 25.0 Å². The van der Waals surface area contributed by atoms with Crippen molar-refractivity contribution in [2.45, 2.75) is 45.6 Å². The largest absolute Gasteiger partial charge is 0.391 e. The normalized spacial score (nSPS) is 18.9. The van der Waals surface area contributed by atoms with Crippen LogP contribution in [0.3, 0.4) is 0 Å². The molecular formula is C15H24N4O2. The van der Waals surface area contributed by atoms with Gasteiger partial charge < -0.3 is 15.3 Å². The van der Waals surface area contributed by atoms with Crippen molar-refractivity contribution >= 4 is 11.6 Å². The molecule has 1 aromatic rings. The number of rotatable bonds is 4. The minimum atomic E-state index is -0.434. The Morgan fingerprint density at radius 1 is 1.57 bits per heavy atom. The van der Waals surface area contributed by atoms with Gasteiger partial charge >= 0.3 is 0 Å². The number of β-amino-alcohol motifs (C(OH)–C–C–N with tert-alkyl or cyclic N) is 1. The summed E-state index contributed by atoms with van der Waals surface area (Å²) in [5.41, 5.74) is 1.07. The van der Waals surface area contributed by atoms with Crippen LogP contribution in [-0.2, 0) is 0 Å². The molecular weight excluding hydrogens is 268 g/mol. The van der Waals surface area contributed by atoms with Crippen molar-refractivity contribution in [3.63, 3.8) is 0 Å². The van der Waals surface area contributed by atoms with Gasteiger partial charge in [-0.3, -0.25) is 4.79 Å². The monoisotopic (exact) mass is 292 g/mol. The third-order valence-electron chi connectivity index (χ3n) is 3.58. The zero-order valence-corrected chi connectivity index (χ0v) is 13.0. The lowest BCUT2D eigenvalue weighted by Gasteiger charge is -2.30. The topological polar surface area (TPSA) is 78.4 Å². The molecule has 0 saturated carbocycles. The SMILES string of the molecule is CCNc1cnc(C(C)C)nc1C(=O)N1CCCC(O)C1. The first-order chi connectivity index (χ1) is 10.0. The van der Waals surface area contributed by atoms with Crippen molar-refractivity contribution in [3.05, 3.63) is 17.7 Å². The Bertz CT molecular complexity index is 504. The standard InChI is InChI=1S/C15H24N4O2/c1-4-16-12-8-17-14(10(2)3)18-13(12)15(21)19-7-5-6-11(20)9-19/h8,10-11,16,20H,4-7,9H2,1-3H3. The highest BCUT2D eigenvalue weighted by molar-refractivity contribution is 5.97. The Labute approximate surface area is 125 Å². The number of carbonyl (C=O) groups excluding carboxylic acids is 1. The lowest BCUT2D eigenvalue weighted by Crippen LogP contribution is -2.42. The van der Waals surface area contributed by atoms with E-state index in [4.69, 9.17) is 0 Å². The highest BCUT2D eigenvalue weighted by Gasteiger charge is 2.26. The van der Waals surface area contributed by atoms with Gasteiger partial charge in [-0.25, -0.2) is 9.97 Å². The molecule has 2 N–H and O–H groups in total. The van der Waals surface area contributed by atoms with E-state index in [0.717, 1.165) is 12.8 Å². The minimum absolute atomic E-state index is 0.131. The number of anilines is 1. The summed E-state index contributed by atoms with van der Waals surface area (Å²) in [5, 5.41) is 12.9. The van der Waals surface area contributed by atoms with Gasteiger partial charge in [-0.1, -0.05) is 13.8 Å². The highest BCUT2D eigenvalue weighted by atomic mass is 16.3. The predicted molar refractivity (Wildman–Crippen MR) is 81.4 cm³/mol. The predicted octanol–water partition coefficient (Wildman–Crippen LogP) is 1.63. The molecule has 1 unspecified atom stereocenters. The van der Waals surface area contributed by atoms with E-state index in [1.54, 1.807) is 11.1 Å². The average molecular weight is 292 g/mol. The number of hydrogen-bond donors (Lipinski definition) is 2. The Balaban J connectivity index is 2.30. The van der Waals surface area contributed by atoms with E-state index in [2.05, 4.69) is 15.3 Å². The van der Waals surface area contributed by atoms with Crippen LogP contribution in [0.15, 0.2) is 6.20 Å². The molecule has 6 nitrogen and oxygen atoms in total. The number of hydrogen-bond acceptors (Lipinski definition) is 5. The van der Waals surface area contributed by atoms with Crippen LogP contribution < -0.4 is 5.32 Å². The van der Waals surface area contributed by atoms with Crippen LogP contribution in [0.5, 0.6) is 0 Å². The molecule has 0 bridgehead atoms. The fraction of sp³-hybridized carbons (Fsp3) is 0.667. The molecule has 0 aliphatic carbocycles. The summed E-state index contributed by atoms with van der Waals surface area (Å²) < 4.78 is 0. The summed E-state index contributed by atoms with van der Waals surface area (Å²) in [6.45, 7) is 7.72. The molecule has 1 fully saturated rings. The zero-order valence-electron chi connectivity index (χ0n) is 13.0. The van der Waals surface area contributed by atoms with Gasteiger partial charge in [0.2, 0.25) is 0 Å². The third kappa shape index (κ3) is 3.69. The first-order valence-electron chi connectivity index (χ1n) is 7.61. The number of likely N-dealkylation sites (tertiary alicyclic amines) is 1. The van der Waals surface area contributed by atoms with Gasteiger partial charge in [-0.05, 0) is 19.8 Å². The van der Waals surface area contributed by atoms with E-state index < -0.39 is 6.10 Å². The highest BCUT2D eigenvalue weighted by Crippen LogP contribution is 2.20. The summed E-state index contributed by atoms with van der Waals surface area (Å²) in [5.74, 6) is 0.700. The van der Waals surface area contributed by atoms with E-state index in [9.17, 15) is 9.90 Å². The molecule has 2 rings (SSSR count). The molecule has 1 aliphatic rings. The van der Waals surface area contributed by atoms with Gasteiger partial charge in [-0.15, -0.1) is 0 Å². The molecule has 1 aromatic heterocycles. The van der Waals surface area contributed by atoms with Crippen LogP contribution >= 0.6 is 0 Å². The van der Waals surface area contributed by atoms with Crippen LogP contribution in [0.1, 0.15) is 55.8 Å². The summed E-state index contributed by atoms with van der Waals surface area (Å²) in [6, 6.07) is 0. The fourth-order valence-electron chi connectivity index (χ4n) is 2.45. The van der Waals surface area contributed by atoms with Gasteiger partial charge in [0.05, 0.1) is 18.0 Å². The van der Waals surface area contributed by atoms with Crippen molar-refractivity contribution in [2.24, 2.45) is 0 Å². The third-order valence-corrected chi connectivity index (χ3v) is 3.58. The first-order valence-corrected chi connectivity index (χ1v) is 7.61. The van der Waals surface area contributed by atoms with E-state index in [1.165, 1.54) is 0 Å². The zero-order chi connectivity index (χ0) is 15.4. The van der Waals surface area contributed by atoms with Gasteiger partial charge in [-0.2, -0.15) is 0 Å². The number of piperidine rings is 1. The van der Waals surface area contributed by atoms with Crippen molar-refractivity contribution in [1.29, 1.82) is 0 Å². The van der Waals surface area contributed by atoms with E-state index >= 15 is 0 Å². The van der Waals surface area contributed by atoms with Gasteiger partial charge in [0, 0.05) is 25.6 Å². The number of nitrogens with one attached hydrogen (secondary N) is 1. The fourth-order valence-corrected chi connectivity index (χ4v) is 2.45. The molecule has 6 heteroatoms. The summed E-state index contributed by atoms with van der Waals surface area (Å²) in [4.78, 5) is 23.1. The second-order valence-electron chi connectivity index (χ2n) is 5.72. The molecule has 1 aliphatic heterocycles. The van der Waals surface area contributed by atoms with Crippen LogP contribution in [0.25, 0.3) is 0 Å². The Morgan fingerprint density at radius 3 is 2.95 bits per heavy atom. The Kier molecular flexibility index (Phi) is 5.12. The maximum absolute atomic E-state index is 12.7. The van der Waals surface area contributed by atoms with Crippen LogP contribution in [0.4, 0.5) is 5.69 Å². The van der Waals surface area contributed by atoms with E-state index in [1.807, 2.05) is 20.8 Å². The summed E-state index contributed by atoms with van der Waals surface area (Å²) >= 11 is 0. The Hall–Kier alpha value is -1.69. The van der Waals surface area contributed by atoms with E-state index in [-0.39, 0.29) is 11.8 Å². The minimum Gasteiger partial charge on any atom is -0.391 e. The van der Waals surface area contributed by atoms with Crippen molar-refractivity contribution in [3.8, 4) is 0 Å². The smallest absolute Gasteiger partial charge is 0.274 e. The molecule has 2 heterocycles. The van der Waals surface area contributed by atoms with Crippen molar-refractivity contribution in [1.82, 2.24) is 14.9 Å². The number of nitrogens with zero attached hydrogens (tertiary/aromatic N) is 3. The number of aromatic nitrogens is 2. The summed E-state index contributed by atoms with van der Waals surface area (Å²) in [7, 11) is 0. The van der Waals surface area contributed by atoms with Gasteiger partial charge in [0.25, 0.3) is 5.91 Å². The second kappa shape index (κ2) is 6.85. The van der Waals surface area contributed by atoms with Gasteiger partial charge in [0.1, 0.15) is 5.82 Å². The van der Waals surface area contributed by atoms with Crippen molar-refractivity contribution < 1.29 is 9.90 Å². The maximum Gasteiger partial charge on any atom is 0.274 e. The molecule has 1 amide bonds. The number of aliphatic hydroxyl groups excluding tert-OH is 1. The van der Waals surface area contributed by atoms with E-state index in [0.29, 0.717) is 36.8 Å². The first kappa shape index (κ1) is 15.7. The molecule has 1 saturated heterocycles. The maximum atomic E-state index is 12.7. The molecule has 21 heavy (non-hydrogen) atoms. The lowest BCUT2D eigenvalue weighted by atomic mass is 10.1. The Morgan fingerprint density at radius 2 is 2.33 bits per heavy atom. The molecule has 0 spiro atoms. The van der Waals surface area contributed by atoms with Gasteiger partial charge in [0.15, 0.2) is 5.69 Å². The lowest BCUT2D eigenvalue weighted by molar-refractivity contribution is 0.0469. The quantitative estimate of drug-likeness (QED) is 0.882.